The van der Waals surface area contributed by atoms with E-state index in [-0.39, 0.29) is 11.4 Å². The van der Waals surface area contributed by atoms with Crippen LogP contribution in [0.15, 0.2) is 12.7 Å². The largest absolute Gasteiger partial charge is 0.339 e. The molecule has 2 rings (SSSR count). The van der Waals surface area contributed by atoms with Crippen LogP contribution in [0.4, 0.5) is 0 Å². The molecule has 1 amide bonds. The number of hydrogen-bond donors (Lipinski definition) is 0. The first-order valence-electron chi connectivity index (χ1n) is 7.03. The van der Waals surface area contributed by atoms with Crippen LogP contribution in [0.5, 0.6) is 0 Å². The Morgan fingerprint density at radius 1 is 1.22 bits per heavy atom. The molecule has 102 valence electrons. The van der Waals surface area contributed by atoms with Gasteiger partial charge in [0.1, 0.15) is 0 Å². The molecular weight excluding hydrogens is 224 g/mol. The maximum Gasteiger partial charge on any atom is 0.245 e. The molecule has 2 heterocycles. The standard InChI is InChI=1S/C15H26N2O/c1-5-13(18)16-9-6-7-15(11-16)8-10-17(12-15)14(2,3)4/h5H,1,6-12H2,2-4H3. The second-order valence-electron chi connectivity index (χ2n) is 6.91. The van der Waals surface area contributed by atoms with Gasteiger partial charge in [0.2, 0.25) is 5.91 Å². The number of piperidine rings is 1. The highest BCUT2D eigenvalue weighted by Crippen LogP contribution is 2.41. The third-order valence-corrected chi connectivity index (χ3v) is 4.53. The van der Waals surface area contributed by atoms with Crippen LogP contribution in [-0.4, -0.2) is 47.4 Å². The van der Waals surface area contributed by atoms with Gasteiger partial charge in [0.25, 0.3) is 0 Å². The van der Waals surface area contributed by atoms with Gasteiger partial charge in [-0.2, -0.15) is 0 Å². The lowest BCUT2D eigenvalue weighted by Crippen LogP contribution is -2.48. The van der Waals surface area contributed by atoms with Crippen LogP contribution in [0.3, 0.4) is 0 Å². The molecule has 2 aliphatic rings. The predicted octanol–water partition coefficient (Wildman–Crippen LogP) is 2.29. The fourth-order valence-electron chi connectivity index (χ4n) is 3.37. The van der Waals surface area contributed by atoms with Crippen LogP contribution in [-0.2, 0) is 4.79 Å². The van der Waals surface area contributed by atoms with Crippen molar-refractivity contribution in [2.45, 2.75) is 45.6 Å². The highest BCUT2D eigenvalue weighted by molar-refractivity contribution is 5.87. The molecule has 3 nitrogen and oxygen atoms in total. The van der Waals surface area contributed by atoms with Crippen molar-refractivity contribution in [1.82, 2.24) is 9.80 Å². The lowest BCUT2D eigenvalue weighted by molar-refractivity contribution is -0.129. The fourth-order valence-corrected chi connectivity index (χ4v) is 3.37. The zero-order valence-corrected chi connectivity index (χ0v) is 12.0. The molecule has 1 unspecified atom stereocenters. The van der Waals surface area contributed by atoms with Gasteiger partial charge in [-0.1, -0.05) is 6.58 Å². The summed E-state index contributed by atoms with van der Waals surface area (Å²) in [7, 11) is 0. The van der Waals surface area contributed by atoms with Crippen molar-refractivity contribution in [2.75, 3.05) is 26.2 Å². The van der Waals surface area contributed by atoms with Crippen molar-refractivity contribution in [1.29, 1.82) is 0 Å². The van der Waals surface area contributed by atoms with Gasteiger partial charge in [-0.25, -0.2) is 0 Å². The molecule has 0 aromatic carbocycles. The fraction of sp³-hybridized carbons (Fsp3) is 0.800. The average molecular weight is 250 g/mol. The molecule has 0 N–H and O–H groups in total. The van der Waals surface area contributed by atoms with E-state index in [0.29, 0.717) is 5.41 Å². The van der Waals surface area contributed by atoms with Gasteiger partial charge < -0.3 is 4.90 Å². The molecule has 1 spiro atoms. The third-order valence-electron chi connectivity index (χ3n) is 4.53. The van der Waals surface area contributed by atoms with Crippen molar-refractivity contribution in [3.8, 4) is 0 Å². The summed E-state index contributed by atoms with van der Waals surface area (Å²) in [5.41, 5.74) is 0.582. The topological polar surface area (TPSA) is 23.6 Å². The molecule has 0 radical (unpaired) electrons. The normalized spacial score (nSPS) is 29.8. The highest BCUT2D eigenvalue weighted by atomic mass is 16.2. The number of amides is 1. The van der Waals surface area contributed by atoms with Crippen molar-refractivity contribution in [3.05, 3.63) is 12.7 Å². The third kappa shape index (κ3) is 2.61. The zero-order valence-electron chi connectivity index (χ0n) is 12.0. The number of nitrogens with zero attached hydrogens (tertiary/aromatic N) is 2. The van der Waals surface area contributed by atoms with Crippen LogP contribution in [0.25, 0.3) is 0 Å². The Morgan fingerprint density at radius 3 is 2.50 bits per heavy atom. The Labute approximate surface area is 111 Å². The highest BCUT2D eigenvalue weighted by Gasteiger charge is 2.44. The Morgan fingerprint density at radius 2 is 1.94 bits per heavy atom. The van der Waals surface area contributed by atoms with E-state index in [1.54, 1.807) is 0 Å². The summed E-state index contributed by atoms with van der Waals surface area (Å²) in [6, 6.07) is 0. The van der Waals surface area contributed by atoms with Gasteiger partial charge in [-0.15, -0.1) is 0 Å². The quantitative estimate of drug-likeness (QED) is 0.667. The molecule has 2 saturated heterocycles. The second kappa shape index (κ2) is 4.69. The Balaban J connectivity index is 2.05. The minimum Gasteiger partial charge on any atom is -0.339 e. The van der Waals surface area contributed by atoms with Crippen LogP contribution in [0.2, 0.25) is 0 Å². The lowest BCUT2D eigenvalue weighted by Gasteiger charge is -2.41. The Bertz CT molecular complexity index is 345. The molecule has 0 bridgehead atoms. The summed E-state index contributed by atoms with van der Waals surface area (Å²) in [6.45, 7) is 14.6. The summed E-state index contributed by atoms with van der Waals surface area (Å²) < 4.78 is 0. The summed E-state index contributed by atoms with van der Waals surface area (Å²) >= 11 is 0. The monoisotopic (exact) mass is 250 g/mol. The van der Waals surface area contributed by atoms with Gasteiger partial charge in [0.05, 0.1) is 0 Å². The molecule has 0 aromatic heterocycles. The zero-order chi connectivity index (χ0) is 13.4. The van der Waals surface area contributed by atoms with E-state index in [0.717, 1.165) is 26.1 Å². The smallest absolute Gasteiger partial charge is 0.245 e. The molecule has 0 aliphatic carbocycles. The van der Waals surface area contributed by atoms with Crippen molar-refractivity contribution in [2.24, 2.45) is 5.41 Å². The van der Waals surface area contributed by atoms with Gasteiger partial charge in [-0.3, -0.25) is 9.69 Å². The summed E-state index contributed by atoms with van der Waals surface area (Å²) in [5, 5.41) is 0. The van der Waals surface area contributed by atoms with E-state index in [9.17, 15) is 4.79 Å². The van der Waals surface area contributed by atoms with Crippen LogP contribution >= 0.6 is 0 Å². The van der Waals surface area contributed by atoms with Gasteiger partial charge in [0.15, 0.2) is 0 Å². The van der Waals surface area contributed by atoms with E-state index < -0.39 is 0 Å². The average Bonchev–Trinajstić information content (AvgIpc) is 2.72. The first-order valence-corrected chi connectivity index (χ1v) is 7.03. The SMILES string of the molecule is C=CC(=O)N1CCCC2(CCN(C(C)(C)C)C2)C1. The first-order chi connectivity index (χ1) is 8.36. The molecule has 0 saturated carbocycles. The summed E-state index contributed by atoms with van der Waals surface area (Å²) in [6.07, 6.45) is 5.08. The van der Waals surface area contributed by atoms with Crippen LogP contribution < -0.4 is 0 Å². The summed E-state index contributed by atoms with van der Waals surface area (Å²) in [5.74, 6) is 0.100. The Kier molecular flexibility index (Phi) is 3.54. The number of carbonyl (C=O) groups excluding carboxylic acids is 1. The van der Waals surface area contributed by atoms with Gasteiger partial charge >= 0.3 is 0 Å². The number of hydrogen-bond acceptors (Lipinski definition) is 2. The van der Waals surface area contributed by atoms with E-state index in [2.05, 4.69) is 32.3 Å². The maximum absolute atomic E-state index is 11.8. The molecule has 2 fully saturated rings. The maximum atomic E-state index is 11.8. The number of rotatable bonds is 1. The number of carbonyl (C=O) groups is 1. The summed E-state index contributed by atoms with van der Waals surface area (Å²) in [4.78, 5) is 16.3. The number of likely N-dealkylation sites (tertiary alicyclic amines) is 2. The molecule has 1 atom stereocenters. The first kappa shape index (κ1) is 13.6. The van der Waals surface area contributed by atoms with Crippen LogP contribution in [0.1, 0.15) is 40.0 Å². The molecule has 18 heavy (non-hydrogen) atoms. The Hall–Kier alpha value is -0.830. The van der Waals surface area contributed by atoms with Crippen LogP contribution in [0, 0.1) is 5.41 Å². The van der Waals surface area contributed by atoms with E-state index in [1.807, 2.05) is 4.90 Å². The molecule has 3 heteroatoms. The minimum absolute atomic E-state index is 0.100. The molecule has 2 aliphatic heterocycles. The minimum atomic E-state index is 0.100. The van der Waals surface area contributed by atoms with E-state index >= 15 is 0 Å². The van der Waals surface area contributed by atoms with E-state index in [1.165, 1.54) is 25.5 Å². The van der Waals surface area contributed by atoms with Crippen molar-refractivity contribution in [3.63, 3.8) is 0 Å². The second-order valence-corrected chi connectivity index (χ2v) is 6.91. The van der Waals surface area contributed by atoms with Crippen molar-refractivity contribution < 1.29 is 4.79 Å². The van der Waals surface area contributed by atoms with Gasteiger partial charge in [-0.05, 0) is 52.7 Å². The van der Waals surface area contributed by atoms with Crippen molar-refractivity contribution >= 4 is 5.91 Å². The lowest BCUT2D eigenvalue weighted by atomic mass is 9.79. The van der Waals surface area contributed by atoms with E-state index in [4.69, 9.17) is 0 Å². The molecular formula is C15H26N2O. The molecule has 0 aromatic rings. The predicted molar refractivity (Wildman–Crippen MR) is 74.4 cm³/mol. The van der Waals surface area contributed by atoms with Gasteiger partial charge in [0, 0.05) is 30.6 Å².